The molecule has 0 spiro atoms. The van der Waals surface area contributed by atoms with Crippen LogP contribution in [-0.4, -0.2) is 31.4 Å². The number of ether oxygens (including phenoxy) is 2. The van der Waals surface area contributed by atoms with Crippen molar-refractivity contribution in [2.24, 2.45) is 5.92 Å². The van der Waals surface area contributed by atoms with Crippen molar-refractivity contribution in [3.8, 4) is 5.75 Å². The number of rotatable bonds is 7. The minimum atomic E-state index is -0.711. The highest BCUT2D eigenvalue weighted by atomic mass is 32.1. The number of halogens is 1. The first-order valence-corrected chi connectivity index (χ1v) is 9.58. The molecule has 148 valence electrons. The topological polar surface area (TPSA) is 81.7 Å². The summed E-state index contributed by atoms with van der Waals surface area (Å²) in [4.78, 5) is 37.9. The number of benzene rings is 1. The minimum absolute atomic E-state index is 0.00391. The summed E-state index contributed by atoms with van der Waals surface area (Å²) in [5.41, 5.74) is 0.933. The Morgan fingerprint density at radius 2 is 1.96 bits per heavy atom. The average molecular weight is 405 g/mol. The number of hydrogen-bond acceptors (Lipinski definition) is 6. The lowest BCUT2D eigenvalue weighted by atomic mass is 10.1. The average Bonchev–Trinajstić information content (AvgIpc) is 3.47. The molecule has 1 aliphatic carbocycles. The summed E-state index contributed by atoms with van der Waals surface area (Å²) in [5.74, 6) is -1.81. The lowest BCUT2D eigenvalue weighted by Gasteiger charge is -2.10. The van der Waals surface area contributed by atoms with Gasteiger partial charge in [-0.15, -0.1) is 11.3 Å². The van der Waals surface area contributed by atoms with Crippen LogP contribution in [0.5, 0.6) is 5.75 Å². The summed E-state index contributed by atoms with van der Waals surface area (Å²) >= 11 is 1.29. The van der Waals surface area contributed by atoms with E-state index in [0.717, 1.165) is 23.8 Å². The maximum atomic E-state index is 13.5. The summed E-state index contributed by atoms with van der Waals surface area (Å²) in [6, 6.07) is 3.55. The minimum Gasteiger partial charge on any atom is -0.496 e. The second-order valence-electron chi connectivity index (χ2n) is 6.59. The van der Waals surface area contributed by atoms with Crippen LogP contribution in [0.25, 0.3) is 0 Å². The van der Waals surface area contributed by atoms with Gasteiger partial charge in [-0.3, -0.25) is 9.59 Å². The highest BCUT2D eigenvalue weighted by Crippen LogP contribution is 2.36. The van der Waals surface area contributed by atoms with Gasteiger partial charge in [-0.2, -0.15) is 0 Å². The van der Waals surface area contributed by atoms with E-state index in [1.807, 2.05) is 6.92 Å². The first-order chi connectivity index (χ1) is 13.3. The van der Waals surface area contributed by atoms with Crippen LogP contribution in [0.15, 0.2) is 18.2 Å². The Balaban J connectivity index is 1.74. The molecule has 0 atom stereocenters. The number of amides is 1. The summed E-state index contributed by atoms with van der Waals surface area (Å²) in [6.07, 6.45) is 1.69. The lowest BCUT2D eigenvalue weighted by molar-refractivity contribution is -0.117. The van der Waals surface area contributed by atoms with Gasteiger partial charge < -0.3 is 14.8 Å². The Hall–Kier alpha value is -2.74. The fraction of sp³-hybridized carbons (Fsp3) is 0.350. The maximum Gasteiger partial charge on any atom is 0.341 e. The number of methoxy groups -OCH3 is 1. The van der Waals surface area contributed by atoms with E-state index in [0.29, 0.717) is 10.6 Å². The summed E-state index contributed by atoms with van der Waals surface area (Å²) < 4.78 is 23.7. The number of thiophene rings is 1. The number of anilines is 1. The Morgan fingerprint density at radius 3 is 2.61 bits per heavy atom. The van der Waals surface area contributed by atoms with Crippen molar-refractivity contribution in [3.63, 3.8) is 0 Å². The van der Waals surface area contributed by atoms with E-state index in [4.69, 9.17) is 9.47 Å². The van der Waals surface area contributed by atoms with Crippen LogP contribution < -0.4 is 10.1 Å². The standard InChI is InChI=1S/C20H20FNO5S/c1-10-11(2)28-19(22-18(24)12-4-5-12)17(10)20(25)27-9-15(23)14-8-13(21)6-7-16(14)26-3/h6-8,12H,4-5,9H2,1-3H3,(H,22,24). The van der Waals surface area contributed by atoms with Gasteiger partial charge in [0.25, 0.3) is 0 Å². The molecular formula is C20H20FNO5S. The number of nitrogens with one attached hydrogen (secondary N) is 1. The number of hydrogen-bond donors (Lipinski definition) is 1. The van der Waals surface area contributed by atoms with Crippen molar-refractivity contribution in [2.75, 3.05) is 19.0 Å². The Kier molecular flexibility index (Phi) is 5.79. The van der Waals surface area contributed by atoms with Crippen molar-refractivity contribution in [2.45, 2.75) is 26.7 Å². The van der Waals surface area contributed by atoms with E-state index in [1.54, 1.807) is 6.92 Å². The molecule has 1 aliphatic rings. The normalized spacial score (nSPS) is 13.1. The van der Waals surface area contributed by atoms with E-state index in [9.17, 15) is 18.8 Å². The molecule has 3 rings (SSSR count). The van der Waals surface area contributed by atoms with Gasteiger partial charge in [0.15, 0.2) is 6.61 Å². The van der Waals surface area contributed by atoms with Crippen LogP contribution in [-0.2, 0) is 9.53 Å². The van der Waals surface area contributed by atoms with E-state index in [2.05, 4.69) is 5.32 Å². The van der Waals surface area contributed by atoms with Crippen LogP contribution >= 0.6 is 11.3 Å². The zero-order valence-electron chi connectivity index (χ0n) is 15.8. The van der Waals surface area contributed by atoms with Gasteiger partial charge in [0.05, 0.1) is 18.2 Å². The first-order valence-electron chi connectivity index (χ1n) is 8.76. The highest BCUT2D eigenvalue weighted by Gasteiger charge is 2.32. The molecule has 1 aromatic heterocycles. The molecule has 2 aromatic rings. The fourth-order valence-electron chi connectivity index (χ4n) is 2.70. The highest BCUT2D eigenvalue weighted by molar-refractivity contribution is 7.16. The van der Waals surface area contributed by atoms with Gasteiger partial charge in [-0.05, 0) is 50.5 Å². The van der Waals surface area contributed by atoms with E-state index >= 15 is 0 Å². The number of ketones is 1. The van der Waals surface area contributed by atoms with Gasteiger partial charge in [-0.25, -0.2) is 9.18 Å². The zero-order valence-corrected chi connectivity index (χ0v) is 16.6. The SMILES string of the molecule is COc1ccc(F)cc1C(=O)COC(=O)c1c(NC(=O)C2CC2)sc(C)c1C. The zero-order chi connectivity index (χ0) is 20.4. The molecule has 0 radical (unpaired) electrons. The predicted octanol–water partition coefficient (Wildman–Crippen LogP) is 3.90. The molecule has 1 amide bonds. The number of carbonyl (C=O) groups is 3. The Labute approximate surface area is 165 Å². The molecule has 1 saturated carbocycles. The Bertz CT molecular complexity index is 948. The molecule has 0 saturated heterocycles. The van der Waals surface area contributed by atoms with Gasteiger partial charge in [0.1, 0.15) is 16.6 Å². The van der Waals surface area contributed by atoms with Crippen LogP contribution in [0.2, 0.25) is 0 Å². The van der Waals surface area contributed by atoms with Crippen LogP contribution in [0.4, 0.5) is 9.39 Å². The second kappa shape index (κ2) is 8.10. The molecular weight excluding hydrogens is 385 g/mol. The van der Waals surface area contributed by atoms with Crippen LogP contribution in [0.3, 0.4) is 0 Å². The summed E-state index contributed by atoms with van der Waals surface area (Å²) in [6.45, 7) is 3.03. The van der Waals surface area contributed by atoms with Gasteiger partial charge >= 0.3 is 5.97 Å². The third-order valence-electron chi connectivity index (χ3n) is 4.57. The molecule has 1 heterocycles. The largest absolute Gasteiger partial charge is 0.496 e. The third kappa shape index (κ3) is 4.22. The van der Waals surface area contributed by atoms with E-state index in [-0.39, 0.29) is 28.7 Å². The van der Waals surface area contributed by atoms with Gasteiger partial charge in [0, 0.05) is 10.8 Å². The number of aryl methyl sites for hydroxylation is 1. The molecule has 1 fully saturated rings. The lowest BCUT2D eigenvalue weighted by Crippen LogP contribution is -2.18. The molecule has 8 heteroatoms. The maximum absolute atomic E-state index is 13.5. The van der Waals surface area contributed by atoms with E-state index in [1.165, 1.54) is 30.6 Å². The molecule has 1 aromatic carbocycles. The molecule has 0 aliphatic heterocycles. The second-order valence-corrected chi connectivity index (χ2v) is 7.82. The quantitative estimate of drug-likeness (QED) is 0.558. The Morgan fingerprint density at radius 1 is 1.25 bits per heavy atom. The van der Waals surface area contributed by atoms with Gasteiger partial charge in [0.2, 0.25) is 11.7 Å². The van der Waals surface area contributed by atoms with Crippen LogP contribution in [0.1, 0.15) is 44.0 Å². The summed E-state index contributed by atoms with van der Waals surface area (Å²) in [7, 11) is 1.36. The number of Topliss-reactive ketones (excluding diaryl/α,β-unsaturated/α-hetero) is 1. The monoisotopic (exact) mass is 405 g/mol. The summed E-state index contributed by atoms with van der Waals surface area (Å²) in [5, 5.41) is 3.21. The molecule has 0 bridgehead atoms. The van der Waals surface area contributed by atoms with Crippen LogP contribution in [0, 0.1) is 25.6 Å². The number of carbonyl (C=O) groups excluding carboxylic acids is 3. The molecule has 1 N–H and O–H groups in total. The smallest absolute Gasteiger partial charge is 0.341 e. The van der Waals surface area contributed by atoms with Crippen molar-refractivity contribution < 1.29 is 28.2 Å². The van der Waals surface area contributed by atoms with E-state index < -0.39 is 24.2 Å². The van der Waals surface area contributed by atoms with Gasteiger partial charge in [-0.1, -0.05) is 0 Å². The number of esters is 1. The van der Waals surface area contributed by atoms with Crippen molar-refractivity contribution in [1.82, 2.24) is 0 Å². The van der Waals surface area contributed by atoms with Crippen molar-refractivity contribution in [1.29, 1.82) is 0 Å². The molecule has 0 unspecified atom stereocenters. The van der Waals surface area contributed by atoms with Crippen molar-refractivity contribution in [3.05, 3.63) is 45.6 Å². The molecule has 28 heavy (non-hydrogen) atoms. The first kappa shape index (κ1) is 20.0. The van der Waals surface area contributed by atoms with Crippen molar-refractivity contribution >= 4 is 34.0 Å². The molecule has 6 nitrogen and oxygen atoms in total. The third-order valence-corrected chi connectivity index (χ3v) is 5.69. The fourth-order valence-corrected chi connectivity index (χ4v) is 3.75. The predicted molar refractivity (Wildman–Crippen MR) is 103 cm³/mol.